The molecule has 0 aliphatic carbocycles. The Morgan fingerprint density at radius 1 is 1.12 bits per heavy atom. The summed E-state index contributed by atoms with van der Waals surface area (Å²) >= 11 is 2.81. The number of aromatic amines is 1. The van der Waals surface area contributed by atoms with Crippen LogP contribution in [0, 0.1) is 5.82 Å². The number of nitrogens with zero attached hydrogens (tertiary/aromatic N) is 3. The van der Waals surface area contributed by atoms with Crippen molar-refractivity contribution in [3.63, 3.8) is 0 Å². The zero-order chi connectivity index (χ0) is 17.9. The van der Waals surface area contributed by atoms with Gasteiger partial charge in [0.1, 0.15) is 11.6 Å². The van der Waals surface area contributed by atoms with Crippen LogP contribution in [0.3, 0.4) is 0 Å². The molecular weight excluding hydrogens is 373 g/mol. The molecule has 2 N–H and O–H groups in total. The highest BCUT2D eigenvalue weighted by Gasteiger charge is 2.08. The highest BCUT2D eigenvalue weighted by Crippen LogP contribution is 2.29. The molecule has 4 aromatic rings. The lowest BCUT2D eigenvalue weighted by Gasteiger charge is -2.01. The second-order valence-corrected chi connectivity index (χ2v) is 7.52. The molecule has 26 heavy (non-hydrogen) atoms. The van der Waals surface area contributed by atoms with E-state index in [1.54, 1.807) is 18.2 Å². The highest BCUT2D eigenvalue weighted by molar-refractivity contribution is 8.00. The monoisotopic (exact) mass is 385 g/mol. The number of halogens is 1. The summed E-state index contributed by atoms with van der Waals surface area (Å²) in [5.74, 6) is 0.772. The van der Waals surface area contributed by atoms with Crippen LogP contribution in [0.1, 0.15) is 5.82 Å². The Balaban J connectivity index is 1.45. The average Bonchev–Trinajstić information content (AvgIpc) is 3.09. The zero-order valence-corrected chi connectivity index (χ0v) is 14.9. The molecule has 9 heteroatoms. The Hall–Kier alpha value is -2.78. The van der Waals surface area contributed by atoms with E-state index in [1.165, 1.54) is 35.2 Å². The van der Waals surface area contributed by atoms with Crippen LogP contribution in [0.5, 0.6) is 0 Å². The predicted molar refractivity (Wildman–Crippen MR) is 102 cm³/mol. The highest BCUT2D eigenvalue weighted by atomic mass is 32.2. The van der Waals surface area contributed by atoms with Crippen molar-refractivity contribution in [3.05, 3.63) is 70.5 Å². The summed E-state index contributed by atoms with van der Waals surface area (Å²) < 4.78 is 13.7. The normalized spacial score (nSPS) is 11.0. The Morgan fingerprint density at radius 3 is 2.77 bits per heavy atom. The van der Waals surface area contributed by atoms with Crippen molar-refractivity contribution in [3.8, 4) is 0 Å². The van der Waals surface area contributed by atoms with Gasteiger partial charge in [-0.05, 0) is 36.4 Å². The number of rotatable bonds is 5. The van der Waals surface area contributed by atoms with Crippen molar-refractivity contribution < 1.29 is 4.39 Å². The van der Waals surface area contributed by atoms with Crippen molar-refractivity contribution in [2.75, 3.05) is 5.32 Å². The van der Waals surface area contributed by atoms with Gasteiger partial charge in [-0.15, -0.1) is 10.2 Å². The van der Waals surface area contributed by atoms with Crippen molar-refractivity contribution in [1.29, 1.82) is 0 Å². The molecule has 130 valence electrons. The first-order valence-electron chi connectivity index (χ1n) is 7.64. The van der Waals surface area contributed by atoms with Gasteiger partial charge in [-0.25, -0.2) is 9.37 Å². The molecule has 0 fully saturated rings. The molecule has 0 amide bonds. The lowest BCUT2D eigenvalue weighted by molar-refractivity contribution is 0.628. The van der Waals surface area contributed by atoms with Crippen LogP contribution in [0.4, 0.5) is 15.2 Å². The summed E-state index contributed by atoms with van der Waals surface area (Å²) in [7, 11) is 0. The van der Waals surface area contributed by atoms with Crippen LogP contribution in [0.15, 0.2) is 57.7 Å². The van der Waals surface area contributed by atoms with E-state index in [0.717, 1.165) is 10.0 Å². The quantitative estimate of drug-likeness (QED) is 0.506. The maximum Gasteiger partial charge on any atom is 0.258 e. The predicted octanol–water partition coefficient (Wildman–Crippen LogP) is 3.95. The smallest absolute Gasteiger partial charge is 0.258 e. The molecule has 2 aromatic heterocycles. The standard InChI is InChI=1S/C17H12FN5OS2/c18-10-5-7-11(8-6-10)19-16-22-23-17(26-16)25-9-14-20-13-4-2-1-3-12(13)15(24)21-14/h1-8H,9H2,(H,19,22)(H,20,21,24). The third-order valence-corrected chi connectivity index (χ3v) is 5.48. The van der Waals surface area contributed by atoms with Crippen LogP contribution in [0.25, 0.3) is 10.9 Å². The number of hydrogen-bond acceptors (Lipinski definition) is 7. The van der Waals surface area contributed by atoms with Crippen LogP contribution >= 0.6 is 23.1 Å². The van der Waals surface area contributed by atoms with Gasteiger partial charge in [0.2, 0.25) is 5.13 Å². The molecule has 4 rings (SSSR count). The van der Waals surface area contributed by atoms with E-state index in [1.807, 2.05) is 18.2 Å². The third-order valence-electron chi connectivity index (χ3n) is 3.50. The number of benzene rings is 2. The second-order valence-electron chi connectivity index (χ2n) is 5.32. The molecule has 2 heterocycles. The maximum atomic E-state index is 12.9. The van der Waals surface area contributed by atoms with Gasteiger partial charge in [-0.2, -0.15) is 0 Å². The molecule has 6 nitrogen and oxygen atoms in total. The fourth-order valence-electron chi connectivity index (χ4n) is 2.31. The molecule has 0 atom stereocenters. The van der Waals surface area contributed by atoms with E-state index in [2.05, 4.69) is 25.5 Å². The Labute approximate surface area is 155 Å². The molecule has 0 unspecified atom stereocenters. The van der Waals surface area contributed by atoms with E-state index < -0.39 is 0 Å². The number of aromatic nitrogens is 4. The van der Waals surface area contributed by atoms with E-state index in [-0.39, 0.29) is 11.4 Å². The topological polar surface area (TPSA) is 83.6 Å². The van der Waals surface area contributed by atoms with Crippen molar-refractivity contribution in [1.82, 2.24) is 20.2 Å². The summed E-state index contributed by atoms with van der Waals surface area (Å²) in [6, 6.07) is 13.2. The number of thioether (sulfide) groups is 1. The average molecular weight is 385 g/mol. The van der Waals surface area contributed by atoms with E-state index in [9.17, 15) is 9.18 Å². The largest absolute Gasteiger partial charge is 0.330 e. The fraction of sp³-hybridized carbons (Fsp3) is 0.0588. The first-order chi connectivity index (χ1) is 12.7. The zero-order valence-electron chi connectivity index (χ0n) is 13.3. The number of H-pyrrole nitrogens is 1. The summed E-state index contributed by atoms with van der Waals surface area (Å²) in [6.45, 7) is 0. The van der Waals surface area contributed by atoms with E-state index in [0.29, 0.717) is 27.6 Å². The molecule has 0 bridgehead atoms. The number of nitrogens with one attached hydrogen (secondary N) is 2. The minimum absolute atomic E-state index is 0.151. The van der Waals surface area contributed by atoms with E-state index >= 15 is 0 Å². The Kier molecular flexibility index (Phi) is 4.63. The minimum atomic E-state index is -0.291. The molecule has 0 aliphatic heterocycles. The Morgan fingerprint density at radius 2 is 1.92 bits per heavy atom. The molecular formula is C17H12FN5OS2. The summed E-state index contributed by atoms with van der Waals surface area (Å²) in [6.07, 6.45) is 0. The van der Waals surface area contributed by atoms with Gasteiger partial charge in [-0.1, -0.05) is 35.2 Å². The molecule has 0 saturated carbocycles. The third kappa shape index (κ3) is 3.73. The van der Waals surface area contributed by atoms with Crippen LogP contribution in [0.2, 0.25) is 0 Å². The SMILES string of the molecule is O=c1[nH]c(CSc2nnc(Nc3ccc(F)cc3)s2)nc2ccccc12. The molecule has 0 aliphatic rings. The van der Waals surface area contributed by atoms with Gasteiger partial charge in [0.05, 0.1) is 16.7 Å². The van der Waals surface area contributed by atoms with Crippen molar-refractivity contribution in [2.24, 2.45) is 0 Å². The van der Waals surface area contributed by atoms with Crippen LogP contribution in [-0.2, 0) is 5.75 Å². The molecule has 0 saturated heterocycles. The van der Waals surface area contributed by atoms with Gasteiger partial charge < -0.3 is 10.3 Å². The van der Waals surface area contributed by atoms with Gasteiger partial charge in [0.15, 0.2) is 4.34 Å². The number of para-hydroxylation sites is 1. The van der Waals surface area contributed by atoms with Gasteiger partial charge in [0.25, 0.3) is 5.56 Å². The molecule has 2 aromatic carbocycles. The van der Waals surface area contributed by atoms with Crippen LogP contribution < -0.4 is 10.9 Å². The number of hydrogen-bond donors (Lipinski definition) is 2. The Bertz CT molecular complexity index is 1110. The van der Waals surface area contributed by atoms with Gasteiger partial charge in [0, 0.05) is 5.69 Å². The first kappa shape index (κ1) is 16.7. The summed E-state index contributed by atoms with van der Waals surface area (Å²) in [4.78, 5) is 19.3. The second kappa shape index (κ2) is 7.22. The first-order valence-corrected chi connectivity index (χ1v) is 9.44. The van der Waals surface area contributed by atoms with Crippen molar-refractivity contribution in [2.45, 2.75) is 10.1 Å². The van der Waals surface area contributed by atoms with Crippen molar-refractivity contribution >= 4 is 44.8 Å². The summed E-state index contributed by atoms with van der Waals surface area (Å²) in [5, 5.41) is 12.4. The van der Waals surface area contributed by atoms with Gasteiger partial charge >= 0.3 is 0 Å². The number of fused-ring (bicyclic) bond motifs is 1. The van der Waals surface area contributed by atoms with E-state index in [4.69, 9.17) is 0 Å². The lowest BCUT2D eigenvalue weighted by atomic mass is 10.2. The summed E-state index contributed by atoms with van der Waals surface area (Å²) in [5.41, 5.74) is 1.25. The molecule has 0 spiro atoms. The minimum Gasteiger partial charge on any atom is -0.330 e. The maximum absolute atomic E-state index is 12.9. The van der Waals surface area contributed by atoms with Crippen LogP contribution in [-0.4, -0.2) is 20.2 Å². The van der Waals surface area contributed by atoms with Gasteiger partial charge in [-0.3, -0.25) is 4.79 Å². The fourth-order valence-corrected chi connectivity index (χ4v) is 3.95. The lowest BCUT2D eigenvalue weighted by Crippen LogP contribution is -2.11. The molecule has 0 radical (unpaired) electrons. The number of anilines is 2.